The van der Waals surface area contributed by atoms with Crippen LogP contribution in [0.25, 0.3) is 0 Å². The summed E-state index contributed by atoms with van der Waals surface area (Å²) in [6.07, 6.45) is 14.0. The lowest BCUT2D eigenvalue weighted by molar-refractivity contribution is 0.0250. The zero-order chi connectivity index (χ0) is 15.6. The highest BCUT2D eigenvalue weighted by molar-refractivity contribution is 7.85. The predicted octanol–water partition coefficient (Wildman–Crippen LogP) is 4.07. The molecule has 0 unspecified atom stereocenters. The maximum Gasteiger partial charge on any atom is 0.296 e. The first-order valence-corrected chi connectivity index (χ1v) is 10.1. The Kier molecular flexibility index (Phi) is 9.52. The fourth-order valence-corrected chi connectivity index (χ4v) is 3.42. The molecule has 0 N–H and O–H groups in total. The minimum Gasteiger partial charge on any atom is -0.377 e. The van der Waals surface area contributed by atoms with Gasteiger partial charge < -0.3 is 4.74 Å². The number of rotatable bonds is 11. The average molecular weight is 319 g/mol. The molecule has 1 fully saturated rings. The van der Waals surface area contributed by atoms with Crippen molar-refractivity contribution < 1.29 is 17.7 Å². The van der Waals surface area contributed by atoms with E-state index in [1.165, 1.54) is 57.8 Å². The first kappa shape index (κ1) is 18.9. The van der Waals surface area contributed by atoms with E-state index < -0.39 is 15.9 Å². The molecule has 125 valence electrons. The van der Waals surface area contributed by atoms with Gasteiger partial charge >= 0.3 is 0 Å². The molecule has 4 nitrogen and oxygen atoms in total. The Morgan fingerprint density at radius 2 is 1.57 bits per heavy atom. The molecule has 0 atom stereocenters. The minimum atomic E-state index is -4.13. The summed E-state index contributed by atoms with van der Waals surface area (Å²) < 4.78 is 37.0. The van der Waals surface area contributed by atoms with Gasteiger partial charge in [0.2, 0.25) is 0 Å². The van der Waals surface area contributed by atoms with Gasteiger partial charge in [-0.15, -0.1) is 0 Å². The van der Waals surface area contributed by atoms with E-state index in [-0.39, 0.29) is 12.7 Å². The third-order valence-corrected chi connectivity index (χ3v) is 5.11. The second kappa shape index (κ2) is 10.6. The van der Waals surface area contributed by atoms with Gasteiger partial charge in [0.05, 0.1) is 12.7 Å². The van der Waals surface area contributed by atoms with E-state index in [0.29, 0.717) is 0 Å². The van der Waals surface area contributed by atoms with Gasteiger partial charge in [0, 0.05) is 0 Å². The maximum atomic E-state index is 10.5. The summed E-state index contributed by atoms with van der Waals surface area (Å²) in [5, 5.41) is 0. The van der Waals surface area contributed by atoms with Gasteiger partial charge in [0.1, 0.15) is 5.75 Å². The molecule has 1 aliphatic rings. The zero-order valence-electron chi connectivity index (χ0n) is 13.4. The standard InChI is InChI=1S/C16H31O4S/c1-2-3-4-5-6-7-8-15-9-11-16(12-10-15)20-13-14-21(17,18)19/h15-16H,2-14H2,1H3. The van der Waals surface area contributed by atoms with Crippen LogP contribution in [0, 0.1) is 5.92 Å². The fraction of sp³-hybridized carbons (Fsp3) is 1.00. The lowest BCUT2D eigenvalue weighted by atomic mass is 9.84. The van der Waals surface area contributed by atoms with Crippen molar-refractivity contribution in [1.29, 1.82) is 0 Å². The van der Waals surface area contributed by atoms with Crippen molar-refractivity contribution in [1.82, 2.24) is 0 Å². The molecular formula is C16H31O4S. The van der Waals surface area contributed by atoms with Crippen molar-refractivity contribution in [2.45, 2.75) is 83.7 Å². The molecular weight excluding hydrogens is 288 g/mol. The SMILES string of the molecule is CCCCCCCCC1CCC(OCCS([O])(=O)=O)CC1. The summed E-state index contributed by atoms with van der Waals surface area (Å²) >= 11 is 0. The minimum absolute atomic E-state index is 0.0542. The van der Waals surface area contributed by atoms with Crippen LogP contribution in [0.15, 0.2) is 0 Å². The molecule has 5 heteroatoms. The zero-order valence-corrected chi connectivity index (χ0v) is 14.2. The molecule has 1 radical (unpaired) electrons. The summed E-state index contributed by atoms with van der Waals surface area (Å²) in [7, 11) is -4.13. The van der Waals surface area contributed by atoms with Gasteiger partial charge in [-0.05, 0) is 31.6 Å². The Labute approximate surface area is 130 Å². The van der Waals surface area contributed by atoms with E-state index in [9.17, 15) is 13.0 Å². The Bertz CT molecular complexity index is 345. The van der Waals surface area contributed by atoms with Crippen LogP contribution in [0.4, 0.5) is 0 Å². The first-order chi connectivity index (χ1) is 10.0. The number of unbranched alkanes of at least 4 members (excludes halogenated alkanes) is 5. The molecule has 21 heavy (non-hydrogen) atoms. The molecule has 0 bridgehead atoms. The molecule has 0 saturated heterocycles. The summed E-state index contributed by atoms with van der Waals surface area (Å²) in [6, 6.07) is 0. The molecule has 0 aromatic rings. The van der Waals surface area contributed by atoms with Gasteiger partial charge in [-0.2, -0.15) is 8.42 Å². The topological polar surface area (TPSA) is 63.3 Å². The summed E-state index contributed by atoms with van der Waals surface area (Å²) in [4.78, 5) is 0. The summed E-state index contributed by atoms with van der Waals surface area (Å²) in [6.45, 7) is 2.30. The lowest BCUT2D eigenvalue weighted by Crippen LogP contribution is -2.24. The number of hydrogen-bond donors (Lipinski definition) is 0. The molecule has 0 aromatic carbocycles. The van der Waals surface area contributed by atoms with Crippen LogP contribution >= 0.6 is 0 Å². The number of hydrogen-bond acceptors (Lipinski definition) is 3. The predicted molar refractivity (Wildman–Crippen MR) is 84.2 cm³/mol. The van der Waals surface area contributed by atoms with Crippen LogP contribution < -0.4 is 0 Å². The Balaban J connectivity index is 1.99. The smallest absolute Gasteiger partial charge is 0.296 e. The maximum absolute atomic E-state index is 10.5. The molecule has 0 heterocycles. The molecule has 0 spiro atoms. The van der Waals surface area contributed by atoms with E-state index in [0.717, 1.165) is 18.8 Å². The highest BCUT2D eigenvalue weighted by Crippen LogP contribution is 2.30. The largest absolute Gasteiger partial charge is 0.377 e. The second-order valence-electron chi connectivity index (χ2n) is 6.33. The van der Waals surface area contributed by atoms with Crippen LogP contribution in [0.3, 0.4) is 0 Å². The molecule has 1 saturated carbocycles. The molecule has 0 aromatic heterocycles. The van der Waals surface area contributed by atoms with Gasteiger partial charge in [0.15, 0.2) is 0 Å². The second-order valence-corrected chi connectivity index (χ2v) is 7.86. The van der Waals surface area contributed by atoms with Crippen LogP contribution in [-0.2, 0) is 19.4 Å². The monoisotopic (exact) mass is 319 g/mol. The van der Waals surface area contributed by atoms with Crippen molar-refractivity contribution in [3.05, 3.63) is 0 Å². The van der Waals surface area contributed by atoms with Crippen molar-refractivity contribution in [3.8, 4) is 0 Å². The molecule has 1 rings (SSSR count). The molecule has 0 amide bonds. The average Bonchev–Trinajstić information content (AvgIpc) is 2.43. The van der Waals surface area contributed by atoms with Crippen molar-refractivity contribution in [2.75, 3.05) is 12.4 Å². The third kappa shape index (κ3) is 10.3. The van der Waals surface area contributed by atoms with Crippen LogP contribution in [0.1, 0.15) is 77.6 Å². The summed E-state index contributed by atoms with van der Waals surface area (Å²) in [5.41, 5.74) is 0. The Hall–Kier alpha value is -0.130. The lowest BCUT2D eigenvalue weighted by Gasteiger charge is -2.28. The highest BCUT2D eigenvalue weighted by atomic mass is 32.2. The van der Waals surface area contributed by atoms with E-state index in [1.54, 1.807) is 0 Å². The highest BCUT2D eigenvalue weighted by Gasteiger charge is 2.21. The normalized spacial score (nSPS) is 23.3. The van der Waals surface area contributed by atoms with E-state index >= 15 is 0 Å². The Morgan fingerprint density at radius 3 is 2.19 bits per heavy atom. The van der Waals surface area contributed by atoms with E-state index in [1.807, 2.05) is 0 Å². The van der Waals surface area contributed by atoms with Gasteiger partial charge in [-0.25, -0.2) is 0 Å². The Morgan fingerprint density at radius 1 is 0.952 bits per heavy atom. The van der Waals surface area contributed by atoms with Crippen LogP contribution in [0.5, 0.6) is 0 Å². The van der Waals surface area contributed by atoms with Crippen LogP contribution in [0.2, 0.25) is 0 Å². The summed E-state index contributed by atoms with van der Waals surface area (Å²) in [5.74, 6) is 0.421. The molecule has 1 aliphatic carbocycles. The molecule has 0 aliphatic heterocycles. The first-order valence-electron chi connectivity index (χ1n) is 8.56. The van der Waals surface area contributed by atoms with Gasteiger partial charge in [-0.1, -0.05) is 56.4 Å². The quantitative estimate of drug-likeness (QED) is 0.539. The van der Waals surface area contributed by atoms with Gasteiger partial charge in [-0.3, -0.25) is 0 Å². The van der Waals surface area contributed by atoms with Crippen molar-refractivity contribution in [3.63, 3.8) is 0 Å². The van der Waals surface area contributed by atoms with Crippen molar-refractivity contribution in [2.24, 2.45) is 5.92 Å². The fourth-order valence-electron chi connectivity index (χ4n) is 3.12. The number of ether oxygens (including phenoxy) is 1. The van der Waals surface area contributed by atoms with E-state index in [4.69, 9.17) is 4.74 Å². The third-order valence-electron chi connectivity index (χ3n) is 4.45. The van der Waals surface area contributed by atoms with Gasteiger partial charge in [0.25, 0.3) is 10.1 Å². The van der Waals surface area contributed by atoms with E-state index in [2.05, 4.69) is 6.92 Å². The van der Waals surface area contributed by atoms with Crippen LogP contribution in [-0.4, -0.2) is 26.9 Å². The van der Waals surface area contributed by atoms with Crippen molar-refractivity contribution >= 4 is 10.1 Å².